The standard InChI is InChI=1S/C12H14N2O4S/c1-4-5-13-10-6-9(12(15)16)7-11(14-10)19(17,18)8(2)3/h1,6-8H,5H2,2-3H3,(H,13,14)(H,15,16). The molecule has 0 spiro atoms. The van der Waals surface area contributed by atoms with Gasteiger partial charge in [0.1, 0.15) is 5.82 Å². The van der Waals surface area contributed by atoms with E-state index in [1.165, 1.54) is 19.9 Å². The average molecular weight is 282 g/mol. The van der Waals surface area contributed by atoms with Gasteiger partial charge in [-0.3, -0.25) is 0 Å². The molecule has 0 fully saturated rings. The fourth-order valence-corrected chi connectivity index (χ4v) is 2.25. The molecule has 0 aliphatic heterocycles. The van der Waals surface area contributed by atoms with Crippen LogP contribution in [0.15, 0.2) is 17.2 Å². The molecule has 1 rings (SSSR count). The Morgan fingerprint density at radius 1 is 1.53 bits per heavy atom. The molecule has 1 heterocycles. The van der Waals surface area contributed by atoms with Crippen LogP contribution >= 0.6 is 0 Å². The molecule has 0 saturated heterocycles. The summed E-state index contributed by atoms with van der Waals surface area (Å²) < 4.78 is 24.0. The summed E-state index contributed by atoms with van der Waals surface area (Å²) in [6, 6.07) is 2.28. The highest BCUT2D eigenvalue weighted by molar-refractivity contribution is 7.91. The van der Waals surface area contributed by atoms with Crippen molar-refractivity contribution in [1.29, 1.82) is 0 Å². The molecule has 0 unspecified atom stereocenters. The fraction of sp³-hybridized carbons (Fsp3) is 0.333. The lowest BCUT2D eigenvalue weighted by molar-refractivity contribution is 0.0696. The SMILES string of the molecule is C#CCNc1cc(C(=O)O)cc(S(=O)(=O)C(C)C)n1. The lowest BCUT2D eigenvalue weighted by Gasteiger charge is -2.10. The van der Waals surface area contributed by atoms with Crippen LogP contribution in [-0.4, -0.2) is 36.3 Å². The summed E-state index contributed by atoms with van der Waals surface area (Å²) in [4.78, 5) is 14.9. The second-order valence-electron chi connectivity index (χ2n) is 4.04. The predicted molar refractivity (Wildman–Crippen MR) is 70.8 cm³/mol. The van der Waals surface area contributed by atoms with Gasteiger partial charge in [0.05, 0.1) is 17.4 Å². The summed E-state index contributed by atoms with van der Waals surface area (Å²) in [7, 11) is -3.65. The van der Waals surface area contributed by atoms with Gasteiger partial charge in [-0.1, -0.05) is 5.92 Å². The zero-order chi connectivity index (χ0) is 14.6. The lowest BCUT2D eigenvalue weighted by atomic mass is 10.2. The van der Waals surface area contributed by atoms with Gasteiger partial charge < -0.3 is 10.4 Å². The van der Waals surface area contributed by atoms with Gasteiger partial charge in [0.15, 0.2) is 14.9 Å². The van der Waals surface area contributed by atoms with Crippen molar-refractivity contribution in [2.75, 3.05) is 11.9 Å². The summed E-state index contributed by atoms with van der Waals surface area (Å²) in [5.41, 5.74) is -0.159. The predicted octanol–water partition coefficient (Wildman–Crippen LogP) is 1.01. The molecular formula is C12H14N2O4S. The van der Waals surface area contributed by atoms with Crippen LogP contribution in [0.3, 0.4) is 0 Å². The fourth-order valence-electron chi connectivity index (χ4n) is 1.25. The van der Waals surface area contributed by atoms with Crippen LogP contribution < -0.4 is 5.32 Å². The van der Waals surface area contributed by atoms with Crippen molar-refractivity contribution in [3.05, 3.63) is 17.7 Å². The van der Waals surface area contributed by atoms with Gasteiger partial charge in [0.25, 0.3) is 0 Å². The molecule has 7 heteroatoms. The largest absolute Gasteiger partial charge is 0.478 e. The van der Waals surface area contributed by atoms with Gasteiger partial charge in [-0.05, 0) is 26.0 Å². The third-order valence-electron chi connectivity index (χ3n) is 2.33. The first-order valence-electron chi connectivity index (χ1n) is 5.45. The Hall–Kier alpha value is -2.07. The highest BCUT2D eigenvalue weighted by Crippen LogP contribution is 2.18. The van der Waals surface area contributed by atoms with E-state index in [1.54, 1.807) is 0 Å². The molecule has 0 aromatic carbocycles. The molecule has 102 valence electrons. The molecule has 19 heavy (non-hydrogen) atoms. The Morgan fingerprint density at radius 3 is 2.63 bits per heavy atom. The van der Waals surface area contributed by atoms with Gasteiger partial charge in [0, 0.05) is 0 Å². The number of pyridine rings is 1. The number of terminal acetylenes is 1. The van der Waals surface area contributed by atoms with Crippen LogP contribution in [0.1, 0.15) is 24.2 Å². The number of aromatic carboxylic acids is 1. The molecular weight excluding hydrogens is 268 g/mol. The van der Waals surface area contributed by atoms with Crippen LogP contribution in [-0.2, 0) is 9.84 Å². The van der Waals surface area contributed by atoms with E-state index in [1.807, 2.05) is 0 Å². The van der Waals surface area contributed by atoms with E-state index < -0.39 is 21.1 Å². The Balaban J connectivity index is 3.37. The molecule has 2 N–H and O–H groups in total. The van der Waals surface area contributed by atoms with E-state index in [4.69, 9.17) is 11.5 Å². The van der Waals surface area contributed by atoms with Gasteiger partial charge >= 0.3 is 5.97 Å². The van der Waals surface area contributed by atoms with Crippen molar-refractivity contribution in [2.45, 2.75) is 24.1 Å². The molecule has 0 bridgehead atoms. The molecule has 0 amide bonds. The lowest BCUT2D eigenvalue weighted by Crippen LogP contribution is -2.17. The van der Waals surface area contributed by atoms with Gasteiger partial charge in [-0.2, -0.15) is 0 Å². The van der Waals surface area contributed by atoms with E-state index >= 15 is 0 Å². The summed E-state index contributed by atoms with van der Waals surface area (Å²) in [5.74, 6) is 1.19. The molecule has 0 radical (unpaired) electrons. The minimum atomic E-state index is -3.65. The minimum Gasteiger partial charge on any atom is -0.478 e. The summed E-state index contributed by atoms with van der Waals surface area (Å²) in [6.07, 6.45) is 5.07. The van der Waals surface area contributed by atoms with Crippen LogP contribution in [0.25, 0.3) is 0 Å². The number of rotatable bonds is 5. The van der Waals surface area contributed by atoms with Crippen molar-refractivity contribution in [3.8, 4) is 12.3 Å². The normalized spacial score (nSPS) is 11.1. The number of nitrogens with one attached hydrogen (secondary N) is 1. The van der Waals surface area contributed by atoms with Gasteiger partial charge in [-0.15, -0.1) is 6.42 Å². The van der Waals surface area contributed by atoms with Crippen molar-refractivity contribution in [2.24, 2.45) is 0 Å². The molecule has 0 atom stereocenters. The smallest absolute Gasteiger partial charge is 0.335 e. The molecule has 0 aliphatic rings. The van der Waals surface area contributed by atoms with Crippen LogP contribution in [0, 0.1) is 12.3 Å². The van der Waals surface area contributed by atoms with E-state index in [-0.39, 0.29) is 23.0 Å². The second-order valence-corrected chi connectivity index (χ2v) is 6.49. The number of carboxylic acids is 1. The number of carboxylic acid groups (broad SMARTS) is 1. The van der Waals surface area contributed by atoms with E-state index in [0.717, 1.165) is 6.07 Å². The Kier molecular flexibility index (Phi) is 4.51. The van der Waals surface area contributed by atoms with Crippen LogP contribution in [0.5, 0.6) is 0 Å². The molecule has 1 aromatic rings. The van der Waals surface area contributed by atoms with Crippen molar-refractivity contribution in [3.63, 3.8) is 0 Å². The quantitative estimate of drug-likeness (QED) is 0.782. The number of nitrogens with zero attached hydrogens (tertiary/aromatic N) is 1. The Labute approximate surface area is 111 Å². The average Bonchev–Trinajstić information content (AvgIpc) is 2.35. The van der Waals surface area contributed by atoms with E-state index in [9.17, 15) is 13.2 Å². The molecule has 0 saturated carbocycles. The summed E-state index contributed by atoms with van der Waals surface area (Å²) in [6.45, 7) is 3.12. The zero-order valence-electron chi connectivity index (χ0n) is 10.5. The molecule has 6 nitrogen and oxygen atoms in total. The van der Waals surface area contributed by atoms with Gasteiger partial charge in [0.2, 0.25) is 0 Å². The highest BCUT2D eigenvalue weighted by atomic mass is 32.2. The first kappa shape index (κ1) is 15.0. The van der Waals surface area contributed by atoms with Crippen molar-refractivity contribution >= 4 is 21.6 Å². The maximum Gasteiger partial charge on any atom is 0.335 e. The zero-order valence-corrected chi connectivity index (χ0v) is 11.4. The van der Waals surface area contributed by atoms with E-state index in [0.29, 0.717) is 0 Å². The van der Waals surface area contributed by atoms with Gasteiger partial charge in [-0.25, -0.2) is 18.2 Å². The minimum absolute atomic E-state index is 0.122. The van der Waals surface area contributed by atoms with E-state index in [2.05, 4.69) is 16.2 Å². The van der Waals surface area contributed by atoms with Crippen molar-refractivity contribution < 1.29 is 18.3 Å². The van der Waals surface area contributed by atoms with Crippen LogP contribution in [0.2, 0.25) is 0 Å². The van der Waals surface area contributed by atoms with Crippen molar-refractivity contribution in [1.82, 2.24) is 4.98 Å². The Morgan fingerprint density at radius 2 is 2.16 bits per heavy atom. The number of aromatic nitrogens is 1. The summed E-state index contributed by atoms with van der Waals surface area (Å²) >= 11 is 0. The highest BCUT2D eigenvalue weighted by Gasteiger charge is 2.23. The Bertz CT molecular complexity index is 630. The summed E-state index contributed by atoms with van der Waals surface area (Å²) in [5, 5.41) is 10.7. The second kappa shape index (κ2) is 5.71. The number of hydrogen-bond acceptors (Lipinski definition) is 5. The number of carbonyl (C=O) groups is 1. The third kappa shape index (κ3) is 3.45. The number of anilines is 1. The van der Waals surface area contributed by atoms with Crippen LogP contribution in [0.4, 0.5) is 5.82 Å². The third-order valence-corrected chi connectivity index (χ3v) is 4.37. The first-order valence-corrected chi connectivity index (χ1v) is 7.00. The maximum atomic E-state index is 12.0. The number of sulfone groups is 1. The monoisotopic (exact) mass is 282 g/mol. The number of hydrogen-bond donors (Lipinski definition) is 2. The molecule has 1 aromatic heterocycles. The topological polar surface area (TPSA) is 96.4 Å². The maximum absolute atomic E-state index is 12.0. The first-order chi connectivity index (χ1) is 8.78. The molecule has 0 aliphatic carbocycles.